The SMILES string of the molecule is CCC(C)NC(=O)CN1CCN(C(=O)c2cccc(C)n2)CC1. The van der Waals surface area contributed by atoms with E-state index < -0.39 is 0 Å². The largest absolute Gasteiger partial charge is 0.353 e. The van der Waals surface area contributed by atoms with Gasteiger partial charge >= 0.3 is 0 Å². The number of aromatic nitrogens is 1. The number of rotatable bonds is 5. The first-order valence-corrected chi connectivity index (χ1v) is 8.24. The van der Waals surface area contributed by atoms with Gasteiger partial charge in [0.15, 0.2) is 0 Å². The fourth-order valence-electron chi connectivity index (χ4n) is 2.56. The lowest BCUT2D eigenvalue weighted by molar-refractivity contribution is -0.123. The molecule has 1 aliphatic heterocycles. The molecule has 0 aromatic carbocycles. The van der Waals surface area contributed by atoms with E-state index in [0.717, 1.165) is 12.1 Å². The first-order chi connectivity index (χ1) is 11.0. The molecule has 6 heteroatoms. The van der Waals surface area contributed by atoms with Gasteiger partial charge in [-0.15, -0.1) is 0 Å². The fraction of sp³-hybridized carbons (Fsp3) is 0.588. The predicted octanol–water partition coefficient (Wildman–Crippen LogP) is 1.06. The van der Waals surface area contributed by atoms with Crippen LogP contribution in [0, 0.1) is 6.92 Å². The highest BCUT2D eigenvalue weighted by Crippen LogP contribution is 2.08. The Bertz CT molecular complexity index is 553. The summed E-state index contributed by atoms with van der Waals surface area (Å²) in [4.78, 5) is 32.5. The van der Waals surface area contributed by atoms with E-state index in [9.17, 15) is 9.59 Å². The first kappa shape index (κ1) is 17.4. The van der Waals surface area contributed by atoms with Gasteiger partial charge in [0.1, 0.15) is 5.69 Å². The van der Waals surface area contributed by atoms with Gasteiger partial charge in [0.25, 0.3) is 5.91 Å². The molecule has 0 aliphatic carbocycles. The first-order valence-electron chi connectivity index (χ1n) is 8.24. The van der Waals surface area contributed by atoms with E-state index in [0.29, 0.717) is 38.4 Å². The molecule has 6 nitrogen and oxygen atoms in total. The molecule has 0 bridgehead atoms. The van der Waals surface area contributed by atoms with Crippen LogP contribution in [0.5, 0.6) is 0 Å². The van der Waals surface area contributed by atoms with E-state index in [1.807, 2.05) is 30.9 Å². The molecule has 1 aliphatic rings. The normalized spacial score (nSPS) is 16.9. The molecular formula is C17H26N4O2. The number of nitrogens with one attached hydrogen (secondary N) is 1. The molecule has 1 aromatic rings. The van der Waals surface area contributed by atoms with E-state index in [2.05, 4.69) is 22.1 Å². The van der Waals surface area contributed by atoms with Gasteiger partial charge < -0.3 is 10.2 Å². The molecule has 1 unspecified atom stereocenters. The van der Waals surface area contributed by atoms with Crippen molar-refractivity contribution < 1.29 is 9.59 Å². The summed E-state index contributed by atoms with van der Waals surface area (Å²) in [6.45, 7) is 9.02. The Morgan fingerprint density at radius 3 is 2.57 bits per heavy atom. The number of carbonyl (C=O) groups is 2. The van der Waals surface area contributed by atoms with Gasteiger partial charge in [-0.05, 0) is 32.4 Å². The van der Waals surface area contributed by atoms with Gasteiger partial charge in [-0.3, -0.25) is 14.5 Å². The summed E-state index contributed by atoms with van der Waals surface area (Å²) in [5.41, 5.74) is 1.34. The standard InChI is InChI=1S/C17H26N4O2/c1-4-13(2)19-16(22)12-20-8-10-21(11-9-20)17(23)15-7-5-6-14(3)18-15/h5-7,13H,4,8-12H2,1-3H3,(H,19,22). The Kier molecular flexibility index (Phi) is 6.10. The Morgan fingerprint density at radius 2 is 1.96 bits per heavy atom. The van der Waals surface area contributed by atoms with Crippen molar-refractivity contribution in [3.63, 3.8) is 0 Å². The topological polar surface area (TPSA) is 65.5 Å². The molecule has 2 heterocycles. The van der Waals surface area contributed by atoms with Gasteiger partial charge in [0.05, 0.1) is 6.54 Å². The van der Waals surface area contributed by atoms with E-state index in [1.165, 1.54) is 0 Å². The maximum absolute atomic E-state index is 12.4. The summed E-state index contributed by atoms with van der Waals surface area (Å²) in [6, 6.07) is 5.69. The number of hydrogen-bond acceptors (Lipinski definition) is 4. The molecule has 1 saturated heterocycles. The predicted molar refractivity (Wildman–Crippen MR) is 89.2 cm³/mol. The number of hydrogen-bond donors (Lipinski definition) is 1. The minimum atomic E-state index is -0.0302. The summed E-state index contributed by atoms with van der Waals surface area (Å²) in [7, 11) is 0. The van der Waals surface area contributed by atoms with Crippen LogP contribution in [-0.2, 0) is 4.79 Å². The second-order valence-electron chi connectivity index (χ2n) is 6.11. The van der Waals surface area contributed by atoms with Crippen LogP contribution in [0.2, 0.25) is 0 Å². The third kappa shape index (κ3) is 5.03. The van der Waals surface area contributed by atoms with Crippen molar-refractivity contribution in [3.8, 4) is 0 Å². The van der Waals surface area contributed by atoms with Crippen molar-refractivity contribution in [2.75, 3.05) is 32.7 Å². The highest BCUT2D eigenvalue weighted by molar-refractivity contribution is 5.92. The Balaban J connectivity index is 1.82. The zero-order valence-electron chi connectivity index (χ0n) is 14.2. The van der Waals surface area contributed by atoms with Crippen LogP contribution in [0.3, 0.4) is 0 Å². The van der Waals surface area contributed by atoms with Crippen molar-refractivity contribution in [2.45, 2.75) is 33.2 Å². The van der Waals surface area contributed by atoms with E-state index in [1.54, 1.807) is 6.07 Å². The van der Waals surface area contributed by atoms with Crippen molar-refractivity contribution >= 4 is 11.8 Å². The molecular weight excluding hydrogens is 292 g/mol. The van der Waals surface area contributed by atoms with E-state index >= 15 is 0 Å². The molecule has 2 amide bonds. The number of amides is 2. The van der Waals surface area contributed by atoms with Crippen LogP contribution in [0.4, 0.5) is 0 Å². The van der Waals surface area contributed by atoms with Crippen LogP contribution in [0.15, 0.2) is 18.2 Å². The Labute approximate surface area is 137 Å². The van der Waals surface area contributed by atoms with Gasteiger partial charge in [-0.1, -0.05) is 13.0 Å². The van der Waals surface area contributed by atoms with Crippen LogP contribution >= 0.6 is 0 Å². The van der Waals surface area contributed by atoms with Crippen LogP contribution in [0.25, 0.3) is 0 Å². The molecule has 1 fully saturated rings. The van der Waals surface area contributed by atoms with Crippen LogP contribution in [-0.4, -0.2) is 65.4 Å². The van der Waals surface area contributed by atoms with Gasteiger partial charge in [0.2, 0.25) is 5.91 Å². The zero-order chi connectivity index (χ0) is 16.8. The Hall–Kier alpha value is -1.95. The average molecular weight is 318 g/mol. The van der Waals surface area contributed by atoms with Gasteiger partial charge in [-0.2, -0.15) is 0 Å². The monoisotopic (exact) mass is 318 g/mol. The maximum atomic E-state index is 12.4. The quantitative estimate of drug-likeness (QED) is 0.882. The molecule has 0 radical (unpaired) electrons. The van der Waals surface area contributed by atoms with E-state index in [-0.39, 0.29) is 17.9 Å². The lowest BCUT2D eigenvalue weighted by Crippen LogP contribution is -2.51. The molecule has 126 valence electrons. The molecule has 1 aromatic heterocycles. The second-order valence-corrected chi connectivity index (χ2v) is 6.11. The average Bonchev–Trinajstić information content (AvgIpc) is 2.54. The van der Waals surface area contributed by atoms with Crippen LogP contribution in [0.1, 0.15) is 36.5 Å². The molecule has 23 heavy (non-hydrogen) atoms. The van der Waals surface area contributed by atoms with Crippen LogP contribution < -0.4 is 5.32 Å². The van der Waals surface area contributed by atoms with Crippen molar-refractivity contribution in [2.24, 2.45) is 0 Å². The molecule has 1 N–H and O–H groups in total. The second kappa shape index (κ2) is 8.06. The highest BCUT2D eigenvalue weighted by atomic mass is 16.2. The minimum Gasteiger partial charge on any atom is -0.353 e. The lowest BCUT2D eigenvalue weighted by atomic mass is 10.2. The molecule has 0 spiro atoms. The van der Waals surface area contributed by atoms with Gasteiger partial charge in [-0.25, -0.2) is 4.98 Å². The van der Waals surface area contributed by atoms with Crippen molar-refractivity contribution in [1.82, 2.24) is 20.1 Å². The van der Waals surface area contributed by atoms with Crippen molar-refractivity contribution in [1.29, 1.82) is 0 Å². The minimum absolute atomic E-state index is 0.0302. The smallest absolute Gasteiger partial charge is 0.272 e. The summed E-state index contributed by atoms with van der Waals surface area (Å²) < 4.78 is 0. The number of carbonyl (C=O) groups excluding carboxylic acids is 2. The lowest BCUT2D eigenvalue weighted by Gasteiger charge is -2.34. The Morgan fingerprint density at radius 1 is 1.26 bits per heavy atom. The number of pyridine rings is 1. The third-order valence-corrected chi connectivity index (χ3v) is 4.15. The molecule has 2 rings (SSSR count). The van der Waals surface area contributed by atoms with E-state index in [4.69, 9.17) is 0 Å². The molecule has 1 atom stereocenters. The van der Waals surface area contributed by atoms with Crippen molar-refractivity contribution in [3.05, 3.63) is 29.6 Å². The number of nitrogens with zero attached hydrogens (tertiary/aromatic N) is 3. The zero-order valence-corrected chi connectivity index (χ0v) is 14.2. The van der Waals surface area contributed by atoms with Gasteiger partial charge in [0, 0.05) is 37.9 Å². The number of piperazine rings is 1. The number of aryl methyl sites for hydroxylation is 1. The highest BCUT2D eigenvalue weighted by Gasteiger charge is 2.24. The third-order valence-electron chi connectivity index (χ3n) is 4.15. The fourth-order valence-corrected chi connectivity index (χ4v) is 2.56. The maximum Gasteiger partial charge on any atom is 0.272 e. The summed E-state index contributed by atoms with van der Waals surface area (Å²) >= 11 is 0. The summed E-state index contributed by atoms with van der Waals surface area (Å²) in [5.74, 6) is 0.0249. The molecule has 0 saturated carbocycles. The summed E-state index contributed by atoms with van der Waals surface area (Å²) in [6.07, 6.45) is 0.928. The summed E-state index contributed by atoms with van der Waals surface area (Å²) in [5, 5.41) is 2.97.